The molecule has 9 nitrogen and oxygen atoms in total. The highest BCUT2D eigenvalue weighted by Gasteiger charge is 2.16. The number of pyridine rings is 1. The summed E-state index contributed by atoms with van der Waals surface area (Å²) in [5.41, 5.74) is 2.79. The normalized spacial score (nSPS) is 10.8. The molecule has 0 radical (unpaired) electrons. The third-order valence-electron chi connectivity index (χ3n) is 5.42. The number of ether oxygens (including phenoxy) is 1. The molecule has 0 aliphatic rings. The number of carbonyl (C=O) groups is 2. The average molecular weight is 503 g/mol. The fraction of sp³-hybridized carbons (Fsp3) is 0.185. The summed E-state index contributed by atoms with van der Waals surface area (Å²) in [7, 11) is 1.49. The molecule has 0 bridgehead atoms. The molecule has 3 N–H and O–H groups in total. The Labute approximate surface area is 213 Å². The fourth-order valence-corrected chi connectivity index (χ4v) is 3.52. The van der Waals surface area contributed by atoms with Crippen LogP contribution in [0, 0.1) is 12.7 Å². The van der Waals surface area contributed by atoms with E-state index in [4.69, 9.17) is 4.74 Å². The van der Waals surface area contributed by atoms with Crippen molar-refractivity contribution in [2.45, 2.75) is 26.7 Å². The summed E-state index contributed by atoms with van der Waals surface area (Å²) in [6.45, 7) is 6.00. The zero-order valence-electron chi connectivity index (χ0n) is 20.9. The van der Waals surface area contributed by atoms with Crippen LogP contribution in [0.5, 0.6) is 11.5 Å². The number of urea groups is 1. The van der Waals surface area contributed by atoms with Crippen molar-refractivity contribution in [3.05, 3.63) is 89.6 Å². The summed E-state index contributed by atoms with van der Waals surface area (Å²) in [5, 5.41) is 12.4. The van der Waals surface area contributed by atoms with E-state index in [0.29, 0.717) is 11.6 Å². The van der Waals surface area contributed by atoms with Gasteiger partial charge in [0.1, 0.15) is 28.8 Å². The number of nitrogens with one attached hydrogen (secondary N) is 3. The molecular weight excluding hydrogens is 475 g/mol. The van der Waals surface area contributed by atoms with Crippen LogP contribution in [-0.2, 0) is 0 Å². The van der Waals surface area contributed by atoms with Crippen molar-refractivity contribution in [3.8, 4) is 17.2 Å². The zero-order chi connectivity index (χ0) is 26.5. The van der Waals surface area contributed by atoms with Crippen LogP contribution in [0.3, 0.4) is 0 Å². The van der Waals surface area contributed by atoms with Crippen molar-refractivity contribution in [3.63, 3.8) is 0 Å². The summed E-state index contributed by atoms with van der Waals surface area (Å²) in [6, 6.07) is 15.9. The second-order valence-corrected chi connectivity index (χ2v) is 8.64. The first-order chi connectivity index (χ1) is 17.7. The third-order valence-corrected chi connectivity index (χ3v) is 5.42. The van der Waals surface area contributed by atoms with Crippen molar-refractivity contribution in [1.29, 1.82) is 0 Å². The van der Waals surface area contributed by atoms with Crippen LogP contribution in [0.1, 0.15) is 41.5 Å². The van der Waals surface area contributed by atoms with Crippen molar-refractivity contribution < 1.29 is 18.7 Å². The number of rotatable bonds is 7. The Morgan fingerprint density at radius 1 is 1.00 bits per heavy atom. The molecule has 0 saturated heterocycles. The molecule has 4 aromatic rings. The lowest BCUT2D eigenvalue weighted by Crippen LogP contribution is -2.22. The van der Waals surface area contributed by atoms with Gasteiger partial charge in [0, 0.05) is 31.4 Å². The third kappa shape index (κ3) is 6.10. The van der Waals surface area contributed by atoms with E-state index >= 15 is 0 Å². The predicted octanol–water partition coefficient (Wildman–Crippen LogP) is 5.63. The highest BCUT2D eigenvalue weighted by Crippen LogP contribution is 2.27. The van der Waals surface area contributed by atoms with Gasteiger partial charge in [-0.2, -0.15) is 5.10 Å². The Hall–Kier alpha value is -4.73. The lowest BCUT2D eigenvalue weighted by molar-refractivity contribution is 0.0957. The standard InChI is InChI=1S/C27H27FN6O3/c1-16(2)23-15-25(34(33-23)18-7-5-6-17(3)12-18)32-27(36)31-22-9-8-19(13-21(22)28)37-20-10-11-30-24(14-20)26(35)29-4/h5-16H,1-4H3,(H,29,35)(H2,31,32,36). The second kappa shape index (κ2) is 10.9. The number of hydrogen-bond acceptors (Lipinski definition) is 5. The molecule has 190 valence electrons. The predicted molar refractivity (Wildman–Crippen MR) is 139 cm³/mol. The number of carbonyl (C=O) groups excluding carboxylic acids is 2. The van der Waals surface area contributed by atoms with Crippen LogP contribution in [-0.4, -0.2) is 33.8 Å². The van der Waals surface area contributed by atoms with Crippen LogP contribution >= 0.6 is 0 Å². The Morgan fingerprint density at radius 2 is 1.78 bits per heavy atom. The van der Waals surface area contributed by atoms with Crippen molar-refractivity contribution in [2.24, 2.45) is 0 Å². The van der Waals surface area contributed by atoms with E-state index < -0.39 is 11.8 Å². The Balaban J connectivity index is 1.49. The summed E-state index contributed by atoms with van der Waals surface area (Å²) in [5.74, 6) is 0.0485. The van der Waals surface area contributed by atoms with Gasteiger partial charge in [-0.05, 0) is 48.7 Å². The number of aryl methyl sites for hydroxylation is 1. The smallest absolute Gasteiger partial charge is 0.324 e. The van der Waals surface area contributed by atoms with E-state index in [0.717, 1.165) is 23.0 Å². The number of amides is 3. The van der Waals surface area contributed by atoms with Gasteiger partial charge >= 0.3 is 6.03 Å². The zero-order valence-corrected chi connectivity index (χ0v) is 20.9. The van der Waals surface area contributed by atoms with Gasteiger partial charge in [0.05, 0.1) is 17.1 Å². The second-order valence-electron chi connectivity index (χ2n) is 8.64. The first-order valence-corrected chi connectivity index (χ1v) is 11.6. The van der Waals surface area contributed by atoms with Crippen molar-refractivity contribution in [1.82, 2.24) is 20.1 Å². The lowest BCUT2D eigenvalue weighted by Gasteiger charge is -2.12. The Morgan fingerprint density at radius 3 is 2.49 bits per heavy atom. The maximum Gasteiger partial charge on any atom is 0.324 e. The van der Waals surface area contributed by atoms with Gasteiger partial charge < -0.3 is 15.4 Å². The highest BCUT2D eigenvalue weighted by atomic mass is 19.1. The first-order valence-electron chi connectivity index (χ1n) is 11.6. The van der Waals surface area contributed by atoms with Gasteiger partial charge in [0.15, 0.2) is 0 Å². The largest absolute Gasteiger partial charge is 0.457 e. The molecule has 4 rings (SSSR count). The van der Waals surface area contributed by atoms with Crippen LogP contribution in [0.25, 0.3) is 5.69 Å². The van der Waals surface area contributed by atoms with Gasteiger partial charge in [-0.1, -0.05) is 26.0 Å². The van der Waals surface area contributed by atoms with Crippen LogP contribution in [0.4, 0.5) is 20.7 Å². The quantitative estimate of drug-likeness (QED) is 0.303. The maximum atomic E-state index is 14.8. The van der Waals surface area contributed by atoms with E-state index in [1.165, 1.54) is 31.4 Å². The van der Waals surface area contributed by atoms with Crippen LogP contribution < -0.4 is 20.7 Å². The molecule has 0 aliphatic heterocycles. The number of halogens is 1. The minimum absolute atomic E-state index is 0.0312. The summed E-state index contributed by atoms with van der Waals surface area (Å²) >= 11 is 0. The molecule has 37 heavy (non-hydrogen) atoms. The molecule has 0 atom stereocenters. The van der Waals surface area contributed by atoms with Crippen LogP contribution in [0.2, 0.25) is 0 Å². The topological polar surface area (TPSA) is 110 Å². The maximum absolute atomic E-state index is 14.8. The number of hydrogen-bond donors (Lipinski definition) is 3. The fourth-order valence-electron chi connectivity index (χ4n) is 3.52. The van der Waals surface area contributed by atoms with Gasteiger partial charge in [0.2, 0.25) is 0 Å². The van der Waals surface area contributed by atoms with E-state index in [9.17, 15) is 14.0 Å². The number of anilines is 2. The molecular formula is C27H27FN6O3. The van der Waals surface area contributed by atoms with Crippen molar-refractivity contribution >= 4 is 23.4 Å². The van der Waals surface area contributed by atoms with Gasteiger partial charge in [0.25, 0.3) is 5.91 Å². The Bertz CT molecular complexity index is 1450. The Kier molecular flexibility index (Phi) is 7.47. The molecule has 0 aliphatic carbocycles. The van der Waals surface area contributed by atoms with E-state index in [2.05, 4.69) is 26.0 Å². The molecule has 0 saturated carbocycles. The van der Waals surface area contributed by atoms with E-state index in [1.807, 2.05) is 45.0 Å². The van der Waals surface area contributed by atoms with Crippen LogP contribution in [0.15, 0.2) is 66.9 Å². The summed E-state index contributed by atoms with van der Waals surface area (Å²) < 4.78 is 22.1. The minimum Gasteiger partial charge on any atom is -0.457 e. The molecule has 10 heteroatoms. The highest BCUT2D eigenvalue weighted by molar-refractivity contribution is 5.99. The van der Waals surface area contributed by atoms with E-state index in [-0.39, 0.29) is 29.0 Å². The van der Waals surface area contributed by atoms with Gasteiger partial charge in [-0.25, -0.2) is 13.9 Å². The minimum atomic E-state index is -0.691. The van der Waals surface area contributed by atoms with E-state index in [1.54, 1.807) is 16.8 Å². The molecule has 2 heterocycles. The van der Waals surface area contributed by atoms with Crippen molar-refractivity contribution in [2.75, 3.05) is 17.7 Å². The summed E-state index contributed by atoms with van der Waals surface area (Å²) in [4.78, 5) is 28.5. The first kappa shape index (κ1) is 25.4. The molecule has 3 amide bonds. The lowest BCUT2D eigenvalue weighted by atomic mass is 10.1. The van der Waals surface area contributed by atoms with Gasteiger partial charge in [-0.15, -0.1) is 0 Å². The molecule has 0 unspecified atom stereocenters. The number of aromatic nitrogens is 3. The number of benzene rings is 2. The molecule has 0 fully saturated rings. The average Bonchev–Trinajstić information content (AvgIpc) is 3.29. The molecule has 2 aromatic carbocycles. The molecule has 0 spiro atoms. The SMILES string of the molecule is CNC(=O)c1cc(Oc2ccc(NC(=O)Nc3cc(C(C)C)nn3-c3cccc(C)c3)c(F)c2)ccn1. The molecule has 2 aromatic heterocycles. The van der Waals surface area contributed by atoms with Gasteiger partial charge in [-0.3, -0.25) is 15.1 Å². The number of nitrogens with zero attached hydrogens (tertiary/aromatic N) is 3. The monoisotopic (exact) mass is 502 g/mol. The summed E-state index contributed by atoms with van der Waals surface area (Å²) in [6.07, 6.45) is 1.42.